The highest BCUT2D eigenvalue weighted by molar-refractivity contribution is 7.90. The van der Waals surface area contributed by atoms with E-state index in [4.69, 9.17) is 14.5 Å². The first-order valence-electron chi connectivity index (χ1n) is 12.7. The minimum absolute atomic E-state index is 0.0144. The maximum atomic E-state index is 12.4. The van der Waals surface area contributed by atoms with Crippen molar-refractivity contribution < 1.29 is 22.1 Å². The fourth-order valence-electron chi connectivity index (χ4n) is 5.63. The number of fused-ring (bicyclic) bond motifs is 2. The fourth-order valence-corrected chi connectivity index (χ4v) is 8.29. The molecule has 1 saturated heterocycles. The van der Waals surface area contributed by atoms with Crippen molar-refractivity contribution in [3.8, 4) is 10.6 Å². The largest absolute Gasteiger partial charge is 0.364 e. The Kier molecular flexibility index (Phi) is 6.38. The van der Waals surface area contributed by atoms with E-state index in [0.717, 1.165) is 39.3 Å². The van der Waals surface area contributed by atoms with Crippen LogP contribution in [0.1, 0.15) is 50.4 Å². The summed E-state index contributed by atoms with van der Waals surface area (Å²) >= 11 is 1.56. The van der Waals surface area contributed by atoms with E-state index in [1.807, 2.05) is 33.0 Å². The lowest BCUT2D eigenvalue weighted by molar-refractivity contribution is -0.156. The van der Waals surface area contributed by atoms with Crippen LogP contribution in [0.5, 0.6) is 0 Å². The molecule has 6 rings (SSSR count). The summed E-state index contributed by atoms with van der Waals surface area (Å²) in [4.78, 5) is 18.8. The van der Waals surface area contributed by atoms with Crippen LogP contribution in [0.25, 0.3) is 20.8 Å². The molecule has 3 aliphatic rings. The lowest BCUT2D eigenvalue weighted by Gasteiger charge is -2.25. The van der Waals surface area contributed by atoms with Crippen molar-refractivity contribution in [1.82, 2.24) is 19.9 Å². The molecule has 1 N–H and O–H groups in total. The van der Waals surface area contributed by atoms with Gasteiger partial charge >= 0.3 is 0 Å². The molecule has 2 saturated carbocycles. The van der Waals surface area contributed by atoms with Gasteiger partial charge in [-0.05, 0) is 46.1 Å². The number of sulfone groups is 1. The van der Waals surface area contributed by atoms with E-state index >= 15 is 0 Å². The molecule has 13 heteroatoms. The Hall–Kier alpha value is -2.06. The molecule has 0 amide bonds. The van der Waals surface area contributed by atoms with E-state index in [1.165, 1.54) is 6.26 Å². The number of nitrogens with one attached hydrogen (secondary N) is 1. The molecule has 0 aromatic carbocycles. The predicted molar refractivity (Wildman–Crippen MR) is 147 cm³/mol. The van der Waals surface area contributed by atoms with Crippen LogP contribution >= 0.6 is 11.3 Å². The summed E-state index contributed by atoms with van der Waals surface area (Å²) in [5.74, 6) is -0.0700. The maximum Gasteiger partial charge on any atom is 0.220 e. The Morgan fingerprint density at radius 3 is 2.61 bits per heavy atom. The number of aryl methyl sites for hydroxylation is 1. The van der Waals surface area contributed by atoms with Gasteiger partial charge in [0.1, 0.15) is 32.3 Å². The van der Waals surface area contributed by atoms with E-state index in [0.29, 0.717) is 23.9 Å². The van der Waals surface area contributed by atoms with Crippen LogP contribution in [0.2, 0.25) is 0 Å². The Morgan fingerprint density at radius 2 is 1.92 bits per heavy atom. The number of thiazole rings is 1. The molecule has 204 valence electrons. The zero-order valence-corrected chi connectivity index (χ0v) is 24.4. The smallest absolute Gasteiger partial charge is 0.220 e. The zero-order valence-electron chi connectivity index (χ0n) is 21.9. The van der Waals surface area contributed by atoms with Crippen LogP contribution in [0.4, 0.5) is 5.82 Å². The molecule has 4 heterocycles. The van der Waals surface area contributed by atoms with Crippen molar-refractivity contribution in [2.24, 2.45) is 5.92 Å². The minimum atomic E-state index is -3.22. The molecule has 0 bridgehead atoms. The van der Waals surface area contributed by atoms with Crippen molar-refractivity contribution in [3.63, 3.8) is 0 Å². The molecule has 5 atom stereocenters. The van der Waals surface area contributed by atoms with Crippen LogP contribution in [-0.2, 0) is 30.1 Å². The lowest BCUT2D eigenvalue weighted by atomic mass is 10.1. The fraction of sp³-hybridized carbons (Fsp3) is 0.600. The first-order chi connectivity index (χ1) is 17.9. The SMILES string of the molecule is Cc1nc(S(C)=O)nc(N[C@@H]2C[C@H](CS(C)(=O)=O)[C@H]3OC(C)(C)O[C@H]32)c1-c1nc2c(C3CC3)nccc2s1. The van der Waals surface area contributed by atoms with E-state index < -0.39 is 26.4 Å². The number of anilines is 1. The summed E-state index contributed by atoms with van der Waals surface area (Å²) < 4.78 is 50.2. The summed E-state index contributed by atoms with van der Waals surface area (Å²) in [5.41, 5.74) is 3.35. The first kappa shape index (κ1) is 26.2. The Morgan fingerprint density at radius 1 is 1.18 bits per heavy atom. The monoisotopic (exact) mass is 577 g/mol. The van der Waals surface area contributed by atoms with Crippen molar-refractivity contribution >= 4 is 48.0 Å². The highest BCUT2D eigenvalue weighted by Crippen LogP contribution is 2.46. The molecule has 3 aromatic heterocycles. The summed E-state index contributed by atoms with van der Waals surface area (Å²) in [6, 6.07) is 1.71. The highest BCUT2D eigenvalue weighted by atomic mass is 32.2. The molecular weight excluding hydrogens is 547 g/mol. The van der Waals surface area contributed by atoms with Gasteiger partial charge in [-0.2, -0.15) is 0 Å². The molecular formula is C25H31N5O5S3. The Labute approximate surface area is 228 Å². The van der Waals surface area contributed by atoms with Crippen molar-refractivity contribution in [2.75, 3.05) is 23.6 Å². The van der Waals surface area contributed by atoms with Gasteiger partial charge in [-0.25, -0.2) is 23.4 Å². The maximum absolute atomic E-state index is 12.4. The third-order valence-electron chi connectivity index (χ3n) is 7.26. The molecule has 0 radical (unpaired) electrons. The third kappa shape index (κ3) is 4.99. The highest BCUT2D eigenvalue weighted by Gasteiger charge is 2.54. The van der Waals surface area contributed by atoms with E-state index in [9.17, 15) is 12.6 Å². The van der Waals surface area contributed by atoms with Gasteiger partial charge in [0.05, 0.1) is 50.3 Å². The van der Waals surface area contributed by atoms with E-state index in [-0.39, 0.29) is 35.1 Å². The van der Waals surface area contributed by atoms with E-state index in [1.54, 1.807) is 17.6 Å². The second kappa shape index (κ2) is 9.26. The van der Waals surface area contributed by atoms with E-state index in [2.05, 4.69) is 20.3 Å². The Balaban J connectivity index is 1.42. The van der Waals surface area contributed by atoms with Crippen LogP contribution in [0, 0.1) is 12.8 Å². The number of aromatic nitrogens is 4. The predicted octanol–water partition coefficient (Wildman–Crippen LogP) is 3.44. The average Bonchev–Trinajstić information content (AvgIpc) is 3.39. The van der Waals surface area contributed by atoms with Gasteiger partial charge in [-0.3, -0.25) is 9.19 Å². The molecule has 0 spiro atoms. The minimum Gasteiger partial charge on any atom is -0.364 e. The van der Waals surface area contributed by atoms with Crippen molar-refractivity contribution in [2.45, 2.75) is 75.1 Å². The normalized spacial score (nSPS) is 27.5. The van der Waals surface area contributed by atoms with Gasteiger partial charge in [0.2, 0.25) is 5.16 Å². The van der Waals surface area contributed by atoms with Crippen molar-refractivity contribution in [1.29, 1.82) is 0 Å². The average molecular weight is 578 g/mol. The lowest BCUT2D eigenvalue weighted by Crippen LogP contribution is -2.35. The number of pyridine rings is 1. The first-order valence-corrected chi connectivity index (χ1v) is 17.1. The standard InChI is InChI=1S/C25H31N5O5S3/c1-12-17(23-29-19-16(36-23)8-9-26-18(19)13-6-7-13)22(30-24(27-12)37(4)31)28-15-10-14(11-38(5,32)33)20-21(15)35-25(2,3)34-20/h8-9,13-15,20-21H,6-7,10-11H2,1-5H3,(H,27,28,30)/t14-,15-,20-,21+,37?/m1/s1. The van der Waals surface area contributed by atoms with Crippen LogP contribution in [0.3, 0.4) is 0 Å². The molecule has 1 unspecified atom stereocenters. The molecule has 1 aliphatic heterocycles. The number of hydrogen-bond acceptors (Lipinski definition) is 11. The van der Waals surface area contributed by atoms with Gasteiger partial charge in [0.15, 0.2) is 5.79 Å². The number of nitrogens with zero attached hydrogens (tertiary/aromatic N) is 4. The van der Waals surface area contributed by atoms with Crippen LogP contribution in [0.15, 0.2) is 17.4 Å². The van der Waals surface area contributed by atoms with Crippen molar-refractivity contribution in [3.05, 3.63) is 23.7 Å². The summed E-state index contributed by atoms with van der Waals surface area (Å²) in [7, 11) is -4.62. The molecule has 38 heavy (non-hydrogen) atoms. The number of rotatable bonds is 7. The molecule has 3 aromatic rings. The van der Waals surface area contributed by atoms with Gasteiger partial charge in [-0.1, -0.05) is 0 Å². The summed E-state index contributed by atoms with van der Waals surface area (Å²) in [6.45, 7) is 5.54. The third-order valence-corrected chi connectivity index (χ3v) is 10.0. The van der Waals surface area contributed by atoms with Gasteiger partial charge in [0, 0.05) is 30.5 Å². The van der Waals surface area contributed by atoms with Gasteiger partial charge in [0.25, 0.3) is 0 Å². The molecule has 10 nitrogen and oxygen atoms in total. The Bertz CT molecular complexity index is 1550. The number of ether oxygens (including phenoxy) is 2. The van der Waals surface area contributed by atoms with Crippen LogP contribution < -0.4 is 5.32 Å². The van der Waals surface area contributed by atoms with Gasteiger partial charge < -0.3 is 14.8 Å². The molecule has 3 fully saturated rings. The molecule has 2 aliphatic carbocycles. The second-order valence-corrected chi connectivity index (χ2v) is 15.5. The quantitative estimate of drug-likeness (QED) is 0.416. The zero-order chi connectivity index (χ0) is 27.0. The summed E-state index contributed by atoms with van der Waals surface area (Å²) in [6.07, 6.45) is 6.69. The van der Waals surface area contributed by atoms with Gasteiger partial charge in [-0.15, -0.1) is 11.3 Å². The number of hydrogen-bond donors (Lipinski definition) is 1. The van der Waals surface area contributed by atoms with Crippen LogP contribution in [-0.4, -0.2) is 74.9 Å². The topological polar surface area (TPSA) is 133 Å². The summed E-state index contributed by atoms with van der Waals surface area (Å²) in [5, 5.41) is 4.51. The second-order valence-electron chi connectivity index (χ2n) is 11.0.